The summed E-state index contributed by atoms with van der Waals surface area (Å²) >= 11 is 1.85. The molecule has 4 rings (SSSR count). The van der Waals surface area contributed by atoms with E-state index in [1.807, 2.05) is 59.1 Å². The largest absolute Gasteiger partial charge is 0.326 e. The number of carbonyl (C=O) groups is 2. The molecule has 2 heterocycles. The van der Waals surface area contributed by atoms with Crippen LogP contribution in [0.25, 0.3) is 0 Å². The Kier molecular flexibility index (Phi) is 6.75. The van der Waals surface area contributed by atoms with E-state index in [9.17, 15) is 9.59 Å². The first-order chi connectivity index (χ1) is 14.6. The molecule has 0 unspecified atom stereocenters. The second-order valence-electron chi connectivity index (χ2n) is 8.14. The van der Waals surface area contributed by atoms with Crippen molar-refractivity contribution in [3.8, 4) is 0 Å². The number of para-hydroxylation sites is 2. The standard InChI is InChI=1S/C24H29N3O2S/c1-18-11-16-27(21-9-5-6-10-22(21)30-18)23(28)17-26-14-12-19(13-15-26)24(29)25-20-7-3-2-4-8-20/h2-10,18-19H,11-17H2,1H3,(H,25,29)/t18-/m1/s1. The molecule has 1 fully saturated rings. The van der Waals surface area contributed by atoms with Crippen LogP contribution in [-0.2, 0) is 9.59 Å². The van der Waals surface area contributed by atoms with E-state index in [-0.39, 0.29) is 17.7 Å². The van der Waals surface area contributed by atoms with Gasteiger partial charge in [-0.25, -0.2) is 0 Å². The zero-order valence-electron chi connectivity index (χ0n) is 17.4. The number of benzene rings is 2. The second kappa shape index (κ2) is 9.67. The molecule has 2 aromatic rings. The van der Waals surface area contributed by atoms with Crippen molar-refractivity contribution in [2.24, 2.45) is 5.92 Å². The van der Waals surface area contributed by atoms with Crippen LogP contribution in [-0.4, -0.2) is 48.1 Å². The Balaban J connectivity index is 1.32. The quantitative estimate of drug-likeness (QED) is 0.799. The van der Waals surface area contributed by atoms with Gasteiger partial charge in [-0.2, -0.15) is 0 Å². The number of likely N-dealkylation sites (tertiary alicyclic amines) is 1. The van der Waals surface area contributed by atoms with Crippen LogP contribution in [0.1, 0.15) is 26.2 Å². The van der Waals surface area contributed by atoms with Gasteiger partial charge in [0, 0.05) is 28.3 Å². The summed E-state index contributed by atoms with van der Waals surface area (Å²) in [6, 6.07) is 17.8. The van der Waals surface area contributed by atoms with E-state index in [1.165, 1.54) is 4.90 Å². The number of thioether (sulfide) groups is 1. The number of piperidine rings is 1. The van der Waals surface area contributed by atoms with Crippen LogP contribution >= 0.6 is 11.8 Å². The second-order valence-corrected chi connectivity index (χ2v) is 9.62. The topological polar surface area (TPSA) is 52.7 Å². The highest BCUT2D eigenvalue weighted by Crippen LogP contribution is 2.37. The number of hydrogen-bond donors (Lipinski definition) is 1. The van der Waals surface area contributed by atoms with Crippen molar-refractivity contribution >= 4 is 35.0 Å². The molecular weight excluding hydrogens is 394 g/mol. The molecule has 1 saturated heterocycles. The van der Waals surface area contributed by atoms with E-state index in [1.54, 1.807) is 0 Å². The van der Waals surface area contributed by atoms with E-state index < -0.39 is 0 Å². The van der Waals surface area contributed by atoms with Crippen molar-refractivity contribution in [2.45, 2.75) is 36.3 Å². The first kappa shape index (κ1) is 20.9. The minimum absolute atomic E-state index is 0.00715. The predicted molar refractivity (Wildman–Crippen MR) is 123 cm³/mol. The Labute approximate surface area is 182 Å². The number of nitrogens with zero attached hydrogens (tertiary/aromatic N) is 2. The molecule has 2 aromatic carbocycles. The monoisotopic (exact) mass is 423 g/mol. The zero-order chi connectivity index (χ0) is 20.9. The fourth-order valence-corrected chi connectivity index (χ4v) is 5.25. The highest BCUT2D eigenvalue weighted by molar-refractivity contribution is 8.00. The number of hydrogen-bond acceptors (Lipinski definition) is 4. The molecule has 2 amide bonds. The molecule has 0 aliphatic carbocycles. The fourth-order valence-electron chi connectivity index (χ4n) is 4.14. The summed E-state index contributed by atoms with van der Waals surface area (Å²) in [5.41, 5.74) is 1.88. The minimum Gasteiger partial charge on any atom is -0.326 e. The van der Waals surface area contributed by atoms with Gasteiger partial charge in [0.2, 0.25) is 11.8 Å². The summed E-state index contributed by atoms with van der Waals surface area (Å²) in [7, 11) is 0. The van der Waals surface area contributed by atoms with E-state index in [0.29, 0.717) is 11.8 Å². The zero-order valence-corrected chi connectivity index (χ0v) is 18.2. The van der Waals surface area contributed by atoms with Crippen LogP contribution in [0.3, 0.4) is 0 Å². The van der Waals surface area contributed by atoms with E-state index in [2.05, 4.69) is 29.3 Å². The normalized spacial score (nSPS) is 20.3. The van der Waals surface area contributed by atoms with Crippen molar-refractivity contribution in [1.82, 2.24) is 4.90 Å². The van der Waals surface area contributed by atoms with Gasteiger partial charge in [-0.3, -0.25) is 14.5 Å². The van der Waals surface area contributed by atoms with Crippen LogP contribution in [0.15, 0.2) is 59.5 Å². The first-order valence-electron chi connectivity index (χ1n) is 10.7. The third-order valence-corrected chi connectivity index (χ3v) is 7.14. The average Bonchev–Trinajstić information content (AvgIpc) is 2.93. The molecule has 2 aliphatic rings. The molecule has 1 atom stereocenters. The molecule has 1 N–H and O–H groups in total. The average molecular weight is 424 g/mol. The van der Waals surface area contributed by atoms with Gasteiger partial charge in [0.15, 0.2) is 0 Å². The molecule has 6 heteroatoms. The molecule has 0 spiro atoms. The molecule has 0 bridgehead atoms. The third-order valence-electron chi connectivity index (χ3n) is 5.90. The number of fused-ring (bicyclic) bond motifs is 1. The van der Waals surface area contributed by atoms with Gasteiger partial charge < -0.3 is 10.2 Å². The maximum absolute atomic E-state index is 13.1. The van der Waals surface area contributed by atoms with Crippen LogP contribution in [0, 0.1) is 5.92 Å². The SMILES string of the molecule is C[C@@H]1CCN(C(=O)CN2CCC(C(=O)Nc3ccccc3)CC2)c2ccccc2S1. The van der Waals surface area contributed by atoms with Crippen LogP contribution in [0.2, 0.25) is 0 Å². The van der Waals surface area contributed by atoms with Crippen LogP contribution in [0.5, 0.6) is 0 Å². The number of nitrogens with one attached hydrogen (secondary N) is 1. The van der Waals surface area contributed by atoms with Gasteiger partial charge in [0.25, 0.3) is 0 Å². The summed E-state index contributed by atoms with van der Waals surface area (Å²) in [5, 5.41) is 3.51. The Hall–Kier alpha value is -2.31. The summed E-state index contributed by atoms with van der Waals surface area (Å²) in [6.45, 7) is 4.96. The smallest absolute Gasteiger partial charge is 0.241 e. The first-order valence-corrected chi connectivity index (χ1v) is 11.6. The van der Waals surface area contributed by atoms with Crippen LogP contribution < -0.4 is 10.2 Å². The lowest BCUT2D eigenvalue weighted by Gasteiger charge is -2.32. The van der Waals surface area contributed by atoms with Crippen molar-refractivity contribution in [1.29, 1.82) is 0 Å². The number of anilines is 2. The van der Waals surface area contributed by atoms with E-state index >= 15 is 0 Å². The van der Waals surface area contributed by atoms with Crippen molar-refractivity contribution in [3.63, 3.8) is 0 Å². The van der Waals surface area contributed by atoms with Gasteiger partial charge in [-0.15, -0.1) is 11.8 Å². The summed E-state index contributed by atoms with van der Waals surface area (Å²) < 4.78 is 0. The van der Waals surface area contributed by atoms with Gasteiger partial charge in [0.05, 0.1) is 12.2 Å². The molecule has 0 radical (unpaired) electrons. The molecule has 158 valence electrons. The molecule has 30 heavy (non-hydrogen) atoms. The van der Waals surface area contributed by atoms with Crippen molar-refractivity contribution in [3.05, 3.63) is 54.6 Å². The van der Waals surface area contributed by atoms with Crippen molar-refractivity contribution < 1.29 is 9.59 Å². The molecule has 0 saturated carbocycles. The van der Waals surface area contributed by atoms with Gasteiger partial charge in [-0.05, 0) is 56.6 Å². The Morgan fingerprint density at radius 1 is 0.967 bits per heavy atom. The highest BCUT2D eigenvalue weighted by Gasteiger charge is 2.29. The lowest BCUT2D eigenvalue weighted by atomic mass is 9.95. The van der Waals surface area contributed by atoms with Gasteiger partial charge >= 0.3 is 0 Å². The van der Waals surface area contributed by atoms with Gasteiger partial charge in [-0.1, -0.05) is 37.3 Å². The molecule has 2 aliphatic heterocycles. The minimum atomic E-state index is 0.00715. The Morgan fingerprint density at radius 3 is 2.43 bits per heavy atom. The molecular formula is C24H29N3O2S. The lowest BCUT2D eigenvalue weighted by molar-refractivity contribution is -0.122. The van der Waals surface area contributed by atoms with E-state index in [4.69, 9.17) is 0 Å². The number of rotatable bonds is 4. The molecule has 0 aromatic heterocycles. The summed E-state index contributed by atoms with van der Waals surface area (Å²) in [5.74, 6) is 0.247. The van der Waals surface area contributed by atoms with Crippen molar-refractivity contribution in [2.75, 3.05) is 36.4 Å². The summed E-state index contributed by atoms with van der Waals surface area (Å²) in [6.07, 6.45) is 2.57. The number of carbonyl (C=O) groups excluding carboxylic acids is 2. The summed E-state index contributed by atoms with van der Waals surface area (Å²) in [4.78, 5) is 31.0. The van der Waals surface area contributed by atoms with Crippen LogP contribution in [0.4, 0.5) is 11.4 Å². The maximum Gasteiger partial charge on any atom is 0.241 e. The third kappa shape index (κ3) is 5.05. The number of amides is 2. The maximum atomic E-state index is 13.1. The Morgan fingerprint density at radius 2 is 1.67 bits per heavy atom. The predicted octanol–water partition coefficient (Wildman–Crippen LogP) is 4.25. The Bertz CT molecular complexity index is 881. The highest BCUT2D eigenvalue weighted by atomic mass is 32.2. The van der Waals surface area contributed by atoms with E-state index in [0.717, 1.165) is 50.3 Å². The lowest BCUT2D eigenvalue weighted by Crippen LogP contribution is -2.45. The fraction of sp³-hybridized carbons (Fsp3) is 0.417. The molecule has 5 nitrogen and oxygen atoms in total. The van der Waals surface area contributed by atoms with Gasteiger partial charge in [0.1, 0.15) is 0 Å².